The van der Waals surface area contributed by atoms with Crippen LogP contribution in [-0.4, -0.2) is 10.9 Å². The molecule has 0 aromatic heterocycles. The van der Waals surface area contributed by atoms with Crippen molar-refractivity contribution >= 4 is 34.5 Å². The van der Waals surface area contributed by atoms with Gasteiger partial charge in [-0.25, -0.2) is 0 Å². The molecule has 0 saturated carbocycles. The number of primary amides is 1. The standard InChI is InChI=1S/C14H13N3OS/c15-13(18)9-1-5-11(6-2-9)17-12-7-3-10(4-8-12)14(16)19/h1-8,17H,(H2,15,18)(H2,16,19). The number of rotatable bonds is 4. The van der Waals surface area contributed by atoms with Crippen molar-refractivity contribution in [1.29, 1.82) is 0 Å². The lowest BCUT2D eigenvalue weighted by Gasteiger charge is -2.07. The summed E-state index contributed by atoms with van der Waals surface area (Å²) >= 11 is 4.89. The first kappa shape index (κ1) is 13.0. The third-order valence-electron chi connectivity index (χ3n) is 2.63. The molecule has 2 aromatic carbocycles. The molecule has 0 atom stereocenters. The van der Waals surface area contributed by atoms with Gasteiger partial charge in [0.2, 0.25) is 5.91 Å². The minimum Gasteiger partial charge on any atom is -0.389 e. The van der Waals surface area contributed by atoms with E-state index >= 15 is 0 Å². The normalized spacial score (nSPS) is 9.89. The second-order valence-corrected chi connectivity index (χ2v) is 4.45. The molecule has 0 fully saturated rings. The third-order valence-corrected chi connectivity index (χ3v) is 2.86. The van der Waals surface area contributed by atoms with Crippen LogP contribution in [0.3, 0.4) is 0 Å². The van der Waals surface area contributed by atoms with Crippen LogP contribution in [0.25, 0.3) is 0 Å². The molecule has 19 heavy (non-hydrogen) atoms. The fourth-order valence-electron chi connectivity index (χ4n) is 1.60. The molecule has 2 rings (SSSR count). The smallest absolute Gasteiger partial charge is 0.248 e. The molecule has 0 bridgehead atoms. The van der Waals surface area contributed by atoms with Crippen LogP contribution in [0, 0.1) is 0 Å². The quantitative estimate of drug-likeness (QED) is 0.744. The summed E-state index contributed by atoms with van der Waals surface area (Å²) in [5.74, 6) is -0.438. The Labute approximate surface area is 116 Å². The number of amides is 1. The molecule has 0 heterocycles. The zero-order valence-corrected chi connectivity index (χ0v) is 10.9. The SMILES string of the molecule is NC(=O)c1ccc(Nc2ccc(C(N)=S)cc2)cc1. The molecule has 0 aliphatic rings. The van der Waals surface area contributed by atoms with Crippen molar-refractivity contribution in [2.24, 2.45) is 11.5 Å². The number of anilines is 2. The Balaban J connectivity index is 2.12. The van der Waals surface area contributed by atoms with Crippen LogP contribution in [-0.2, 0) is 0 Å². The lowest BCUT2D eigenvalue weighted by Crippen LogP contribution is -2.10. The third kappa shape index (κ3) is 3.29. The van der Waals surface area contributed by atoms with E-state index in [0.29, 0.717) is 10.6 Å². The lowest BCUT2D eigenvalue weighted by molar-refractivity contribution is 0.100. The van der Waals surface area contributed by atoms with Gasteiger partial charge < -0.3 is 16.8 Å². The molecule has 0 saturated heterocycles. The van der Waals surface area contributed by atoms with E-state index in [9.17, 15) is 4.79 Å². The van der Waals surface area contributed by atoms with E-state index in [1.807, 2.05) is 24.3 Å². The summed E-state index contributed by atoms with van der Waals surface area (Å²) in [6.45, 7) is 0. The second-order valence-electron chi connectivity index (χ2n) is 4.01. The highest BCUT2D eigenvalue weighted by Gasteiger charge is 2.00. The molecule has 0 unspecified atom stereocenters. The van der Waals surface area contributed by atoms with Crippen molar-refractivity contribution in [2.75, 3.05) is 5.32 Å². The van der Waals surface area contributed by atoms with Gasteiger partial charge >= 0.3 is 0 Å². The van der Waals surface area contributed by atoms with Gasteiger partial charge in [0, 0.05) is 22.5 Å². The fourth-order valence-corrected chi connectivity index (χ4v) is 1.74. The number of nitrogens with two attached hydrogens (primary N) is 2. The number of carbonyl (C=O) groups excluding carboxylic acids is 1. The van der Waals surface area contributed by atoms with Crippen LogP contribution in [0.15, 0.2) is 48.5 Å². The molecular weight excluding hydrogens is 258 g/mol. The molecule has 5 N–H and O–H groups in total. The molecule has 96 valence electrons. The van der Waals surface area contributed by atoms with E-state index in [1.54, 1.807) is 24.3 Å². The Morgan fingerprint density at radius 3 is 1.63 bits per heavy atom. The van der Waals surface area contributed by atoms with Gasteiger partial charge in [-0.3, -0.25) is 4.79 Å². The highest BCUT2D eigenvalue weighted by Crippen LogP contribution is 2.17. The Morgan fingerprint density at radius 2 is 1.26 bits per heavy atom. The number of carbonyl (C=O) groups is 1. The second kappa shape index (κ2) is 5.49. The van der Waals surface area contributed by atoms with Crippen molar-refractivity contribution in [2.45, 2.75) is 0 Å². The summed E-state index contributed by atoms with van der Waals surface area (Å²) < 4.78 is 0. The number of benzene rings is 2. The van der Waals surface area contributed by atoms with Gasteiger partial charge in [-0.05, 0) is 48.5 Å². The monoisotopic (exact) mass is 271 g/mol. The maximum Gasteiger partial charge on any atom is 0.248 e. The molecule has 0 aliphatic carbocycles. The average molecular weight is 271 g/mol. The summed E-state index contributed by atoms with van der Waals surface area (Å²) in [6, 6.07) is 14.4. The first-order chi connectivity index (χ1) is 9.06. The number of hydrogen-bond donors (Lipinski definition) is 3. The van der Waals surface area contributed by atoms with E-state index in [-0.39, 0.29) is 0 Å². The van der Waals surface area contributed by atoms with Gasteiger partial charge in [-0.1, -0.05) is 12.2 Å². The summed E-state index contributed by atoms with van der Waals surface area (Å²) in [5.41, 5.74) is 13.8. The van der Waals surface area contributed by atoms with Gasteiger partial charge in [0.25, 0.3) is 0 Å². The van der Waals surface area contributed by atoms with E-state index < -0.39 is 5.91 Å². The Kier molecular flexibility index (Phi) is 3.77. The predicted octanol–water partition coefficient (Wildman–Crippen LogP) is 2.16. The molecule has 0 radical (unpaired) electrons. The molecule has 5 heteroatoms. The largest absolute Gasteiger partial charge is 0.389 e. The van der Waals surface area contributed by atoms with E-state index in [2.05, 4.69) is 5.32 Å². The molecule has 0 aliphatic heterocycles. The van der Waals surface area contributed by atoms with Crippen molar-refractivity contribution in [1.82, 2.24) is 0 Å². The Morgan fingerprint density at radius 1 is 0.842 bits per heavy atom. The maximum atomic E-state index is 10.9. The first-order valence-electron chi connectivity index (χ1n) is 5.63. The van der Waals surface area contributed by atoms with Gasteiger partial charge in [0.15, 0.2) is 0 Å². The molecule has 1 amide bonds. The van der Waals surface area contributed by atoms with Gasteiger partial charge in [0.05, 0.1) is 0 Å². The van der Waals surface area contributed by atoms with Gasteiger partial charge in [0.1, 0.15) is 4.99 Å². The zero-order chi connectivity index (χ0) is 13.8. The topological polar surface area (TPSA) is 81.1 Å². The van der Waals surface area contributed by atoms with Crippen molar-refractivity contribution in [3.05, 3.63) is 59.7 Å². The van der Waals surface area contributed by atoms with E-state index in [1.165, 1.54) is 0 Å². The summed E-state index contributed by atoms with van der Waals surface area (Å²) in [7, 11) is 0. The Hall–Kier alpha value is -2.40. The van der Waals surface area contributed by atoms with Crippen LogP contribution >= 0.6 is 12.2 Å². The minimum absolute atomic E-state index is 0.373. The van der Waals surface area contributed by atoms with Crippen LogP contribution in [0.4, 0.5) is 11.4 Å². The van der Waals surface area contributed by atoms with Crippen LogP contribution in [0.5, 0.6) is 0 Å². The van der Waals surface area contributed by atoms with Crippen molar-refractivity contribution < 1.29 is 4.79 Å². The predicted molar refractivity (Wildman–Crippen MR) is 80.6 cm³/mol. The average Bonchev–Trinajstić information content (AvgIpc) is 2.40. The summed E-state index contributed by atoms with van der Waals surface area (Å²) in [6.07, 6.45) is 0. The first-order valence-corrected chi connectivity index (χ1v) is 6.04. The highest BCUT2D eigenvalue weighted by molar-refractivity contribution is 7.80. The highest BCUT2D eigenvalue weighted by atomic mass is 32.1. The fraction of sp³-hybridized carbons (Fsp3) is 0. The summed E-state index contributed by atoms with van der Waals surface area (Å²) in [4.78, 5) is 11.3. The molecule has 4 nitrogen and oxygen atoms in total. The van der Waals surface area contributed by atoms with E-state index in [0.717, 1.165) is 16.9 Å². The van der Waals surface area contributed by atoms with E-state index in [4.69, 9.17) is 23.7 Å². The molecule has 0 spiro atoms. The number of hydrogen-bond acceptors (Lipinski definition) is 3. The zero-order valence-electron chi connectivity index (χ0n) is 10.1. The van der Waals surface area contributed by atoms with Crippen LogP contribution in [0.1, 0.15) is 15.9 Å². The van der Waals surface area contributed by atoms with Gasteiger partial charge in [-0.15, -0.1) is 0 Å². The molecule has 2 aromatic rings. The van der Waals surface area contributed by atoms with Crippen LogP contribution < -0.4 is 16.8 Å². The molecular formula is C14H13N3OS. The van der Waals surface area contributed by atoms with Crippen LogP contribution in [0.2, 0.25) is 0 Å². The summed E-state index contributed by atoms with van der Waals surface area (Å²) in [5, 5.41) is 3.20. The van der Waals surface area contributed by atoms with Gasteiger partial charge in [-0.2, -0.15) is 0 Å². The minimum atomic E-state index is -0.438. The Bertz CT molecular complexity index is 550. The lowest BCUT2D eigenvalue weighted by atomic mass is 10.1. The van der Waals surface area contributed by atoms with Crippen molar-refractivity contribution in [3.63, 3.8) is 0 Å². The van der Waals surface area contributed by atoms with Crippen molar-refractivity contribution in [3.8, 4) is 0 Å². The number of nitrogens with one attached hydrogen (secondary N) is 1. The number of thiocarbonyl (C=S) groups is 1. The maximum absolute atomic E-state index is 10.9.